The minimum absolute atomic E-state index is 0.0428. The van der Waals surface area contributed by atoms with Crippen molar-refractivity contribution in [1.82, 2.24) is 0 Å². The van der Waals surface area contributed by atoms with Gasteiger partial charge in [0.05, 0.1) is 10.7 Å². The van der Waals surface area contributed by atoms with Gasteiger partial charge in [0.1, 0.15) is 17.7 Å². The highest BCUT2D eigenvalue weighted by Gasteiger charge is 2.16. The van der Waals surface area contributed by atoms with Crippen LogP contribution in [0.25, 0.3) is 0 Å². The first-order chi connectivity index (χ1) is 8.51. The second kappa shape index (κ2) is 5.67. The zero-order valence-corrected chi connectivity index (χ0v) is 9.99. The molecular weight excluding hydrogens is 256 g/mol. The maximum atomic E-state index is 11.1. The Bertz CT molecular complexity index is 595. The molecule has 2 N–H and O–H groups in total. The van der Waals surface area contributed by atoms with E-state index in [1.54, 1.807) is 25.1 Å². The number of rotatable bonds is 3. The van der Waals surface area contributed by atoms with Gasteiger partial charge in [-0.2, -0.15) is 15.6 Å². The molecule has 0 saturated carbocycles. The number of aromatic carboxylic acids is 1. The number of hydrazone groups is 1. The van der Waals surface area contributed by atoms with E-state index < -0.39 is 11.7 Å². The highest BCUT2D eigenvalue weighted by atomic mass is 35.5. The predicted molar refractivity (Wildman–Crippen MR) is 65.4 cm³/mol. The number of nitrogens with zero attached hydrogens (tertiary/aromatic N) is 3. The highest BCUT2D eigenvalue weighted by Crippen LogP contribution is 2.28. The number of nitriles is 2. The SMILES string of the molecule is Cc1ccc(Cl)c(C(=O)O)c1NN=C(C#N)C#N. The molecule has 0 atom stereocenters. The van der Waals surface area contributed by atoms with Crippen LogP contribution >= 0.6 is 11.6 Å². The van der Waals surface area contributed by atoms with Crippen LogP contribution in [0, 0.1) is 29.6 Å². The quantitative estimate of drug-likeness (QED) is 0.641. The van der Waals surface area contributed by atoms with Crippen LogP contribution in [0.15, 0.2) is 17.2 Å². The Hall–Kier alpha value is -2.57. The first-order valence-electron chi connectivity index (χ1n) is 4.67. The number of carboxylic acids is 1. The van der Waals surface area contributed by atoms with Crippen LogP contribution in [-0.4, -0.2) is 16.8 Å². The maximum absolute atomic E-state index is 11.1. The summed E-state index contributed by atoms with van der Waals surface area (Å²) >= 11 is 5.78. The molecular formula is C11H7ClN4O2. The number of carbonyl (C=O) groups is 1. The molecule has 0 aliphatic rings. The maximum Gasteiger partial charge on any atom is 0.339 e. The van der Waals surface area contributed by atoms with Crippen LogP contribution in [0.5, 0.6) is 0 Å². The van der Waals surface area contributed by atoms with Gasteiger partial charge in [-0.15, -0.1) is 0 Å². The number of halogens is 1. The standard InChI is InChI=1S/C11H7ClN4O2/c1-6-2-3-8(12)9(11(17)18)10(6)16-15-7(4-13)5-14/h2-3,16H,1H3,(H,17,18). The molecule has 6 nitrogen and oxygen atoms in total. The Balaban J connectivity index is 3.30. The molecule has 0 fully saturated rings. The van der Waals surface area contributed by atoms with Crippen molar-refractivity contribution in [2.45, 2.75) is 6.92 Å². The van der Waals surface area contributed by atoms with E-state index in [4.69, 9.17) is 27.2 Å². The predicted octanol–water partition coefficient (Wildman–Crippen LogP) is 2.16. The molecule has 0 unspecified atom stereocenters. The topological polar surface area (TPSA) is 109 Å². The van der Waals surface area contributed by atoms with E-state index in [1.165, 1.54) is 6.07 Å². The molecule has 0 aromatic heterocycles. The minimum atomic E-state index is -1.23. The summed E-state index contributed by atoms with van der Waals surface area (Å²) in [6.07, 6.45) is 0. The van der Waals surface area contributed by atoms with Crippen molar-refractivity contribution < 1.29 is 9.90 Å². The van der Waals surface area contributed by atoms with Gasteiger partial charge in [0, 0.05) is 0 Å². The Labute approximate surface area is 108 Å². The summed E-state index contributed by atoms with van der Waals surface area (Å²) in [5, 5.41) is 29.6. The minimum Gasteiger partial charge on any atom is -0.478 e. The van der Waals surface area contributed by atoms with Crippen molar-refractivity contribution in [1.29, 1.82) is 10.5 Å². The zero-order chi connectivity index (χ0) is 13.7. The molecule has 0 heterocycles. The van der Waals surface area contributed by atoms with Gasteiger partial charge < -0.3 is 5.11 Å². The molecule has 18 heavy (non-hydrogen) atoms. The second-order valence-corrected chi connectivity index (χ2v) is 3.62. The molecule has 0 bridgehead atoms. The molecule has 0 aliphatic carbocycles. The summed E-state index contributed by atoms with van der Waals surface area (Å²) in [5.41, 5.74) is 2.55. The fourth-order valence-electron chi connectivity index (χ4n) is 1.22. The van der Waals surface area contributed by atoms with E-state index in [2.05, 4.69) is 10.5 Å². The molecule has 0 aliphatic heterocycles. The van der Waals surface area contributed by atoms with E-state index in [0.29, 0.717) is 5.56 Å². The average Bonchev–Trinajstić information content (AvgIpc) is 2.34. The first kappa shape index (κ1) is 13.5. The van der Waals surface area contributed by atoms with E-state index >= 15 is 0 Å². The molecule has 0 saturated heterocycles. The molecule has 1 rings (SSSR count). The zero-order valence-electron chi connectivity index (χ0n) is 9.23. The number of hydrogen-bond donors (Lipinski definition) is 2. The van der Waals surface area contributed by atoms with Crippen LogP contribution in [-0.2, 0) is 0 Å². The smallest absolute Gasteiger partial charge is 0.339 e. The molecule has 1 aromatic carbocycles. The Morgan fingerprint density at radius 2 is 2.06 bits per heavy atom. The van der Waals surface area contributed by atoms with E-state index in [0.717, 1.165) is 0 Å². The van der Waals surface area contributed by atoms with Gasteiger partial charge in [-0.1, -0.05) is 17.7 Å². The number of hydrogen-bond acceptors (Lipinski definition) is 5. The molecule has 1 aromatic rings. The van der Waals surface area contributed by atoms with Gasteiger partial charge in [0.15, 0.2) is 0 Å². The summed E-state index contributed by atoms with van der Waals surface area (Å²) in [4.78, 5) is 11.1. The fraction of sp³-hybridized carbons (Fsp3) is 0.0909. The molecule has 7 heteroatoms. The van der Waals surface area contributed by atoms with E-state index in [9.17, 15) is 4.79 Å². The fourth-order valence-corrected chi connectivity index (χ4v) is 1.46. The first-order valence-corrected chi connectivity index (χ1v) is 5.05. The Morgan fingerprint density at radius 1 is 1.44 bits per heavy atom. The summed E-state index contributed by atoms with van der Waals surface area (Å²) in [6, 6.07) is 6.15. The normalized spacial score (nSPS) is 8.89. The molecule has 0 amide bonds. The molecule has 0 radical (unpaired) electrons. The average molecular weight is 263 g/mol. The largest absolute Gasteiger partial charge is 0.478 e. The van der Waals surface area contributed by atoms with E-state index in [-0.39, 0.29) is 16.3 Å². The van der Waals surface area contributed by atoms with Crippen LogP contribution in [0.3, 0.4) is 0 Å². The van der Waals surface area contributed by atoms with Gasteiger partial charge in [0.25, 0.3) is 0 Å². The lowest BCUT2D eigenvalue weighted by Gasteiger charge is -2.10. The Kier molecular flexibility index (Phi) is 4.25. The number of benzene rings is 1. The highest BCUT2D eigenvalue weighted by molar-refractivity contribution is 6.34. The number of carboxylic acid groups (broad SMARTS) is 1. The van der Waals surface area contributed by atoms with Crippen LogP contribution in [0.2, 0.25) is 5.02 Å². The van der Waals surface area contributed by atoms with Crippen LogP contribution in [0.4, 0.5) is 5.69 Å². The van der Waals surface area contributed by atoms with Crippen LogP contribution in [0.1, 0.15) is 15.9 Å². The summed E-state index contributed by atoms with van der Waals surface area (Å²) in [6.45, 7) is 1.65. The third-order valence-corrected chi connectivity index (χ3v) is 2.38. The van der Waals surface area contributed by atoms with Crippen LogP contribution < -0.4 is 5.43 Å². The van der Waals surface area contributed by atoms with E-state index in [1.807, 2.05) is 0 Å². The van der Waals surface area contributed by atoms with Crippen molar-refractivity contribution >= 4 is 29.0 Å². The molecule has 0 spiro atoms. The second-order valence-electron chi connectivity index (χ2n) is 3.22. The van der Waals surface area contributed by atoms with Gasteiger partial charge in [0.2, 0.25) is 5.71 Å². The van der Waals surface area contributed by atoms with Gasteiger partial charge in [-0.05, 0) is 18.6 Å². The van der Waals surface area contributed by atoms with Crippen molar-refractivity contribution in [3.63, 3.8) is 0 Å². The van der Waals surface area contributed by atoms with Gasteiger partial charge >= 0.3 is 5.97 Å². The third-order valence-electron chi connectivity index (χ3n) is 2.07. The Morgan fingerprint density at radius 3 is 2.56 bits per heavy atom. The summed E-state index contributed by atoms with van der Waals surface area (Å²) in [7, 11) is 0. The van der Waals surface area contributed by atoms with Gasteiger partial charge in [-0.3, -0.25) is 5.43 Å². The van der Waals surface area contributed by atoms with Crippen molar-refractivity contribution in [3.8, 4) is 12.1 Å². The number of aryl methyl sites for hydroxylation is 1. The number of anilines is 1. The monoisotopic (exact) mass is 262 g/mol. The third kappa shape index (κ3) is 2.76. The van der Waals surface area contributed by atoms with Crippen molar-refractivity contribution in [2.75, 3.05) is 5.43 Å². The summed E-state index contributed by atoms with van der Waals surface area (Å²) in [5.74, 6) is -1.23. The lowest BCUT2D eigenvalue weighted by molar-refractivity contribution is 0.0698. The lowest BCUT2D eigenvalue weighted by atomic mass is 10.1. The lowest BCUT2D eigenvalue weighted by Crippen LogP contribution is -2.06. The van der Waals surface area contributed by atoms with Crippen molar-refractivity contribution in [2.24, 2.45) is 5.10 Å². The van der Waals surface area contributed by atoms with Gasteiger partial charge in [-0.25, -0.2) is 4.79 Å². The summed E-state index contributed by atoms with van der Waals surface area (Å²) < 4.78 is 0. The van der Waals surface area contributed by atoms with Crippen molar-refractivity contribution in [3.05, 3.63) is 28.3 Å². The molecule has 90 valence electrons. The number of nitrogens with one attached hydrogen (secondary N) is 1.